The summed E-state index contributed by atoms with van der Waals surface area (Å²) in [7, 11) is 3.61. The third kappa shape index (κ3) is 6.34. The fourth-order valence-corrected chi connectivity index (χ4v) is 2.04. The molecule has 1 heterocycles. The Labute approximate surface area is 159 Å². The molecule has 1 aromatic heterocycles. The molecule has 132 valence electrons. The lowest BCUT2D eigenvalue weighted by Gasteiger charge is -2.12. The molecule has 7 nitrogen and oxygen atoms in total. The number of aromatic nitrogens is 3. The van der Waals surface area contributed by atoms with Crippen molar-refractivity contribution in [3.63, 3.8) is 0 Å². The molecular weight excluding hydrogens is 419 g/mol. The second-order valence-electron chi connectivity index (χ2n) is 5.12. The second-order valence-corrected chi connectivity index (χ2v) is 5.12. The van der Waals surface area contributed by atoms with Gasteiger partial charge in [0.2, 0.25) is 0 Å². The summed E-state index contributed by atoms with van der Waals surface area (Å²) in [5.41, 5.74) is 1.15. The van der Waals surface area contributed by atoms with Crippen molar-refractivity contribution in [1.29, 1.82) is 0 Å². The molecule has 0 aliphatic carbocycles. The molecule has 0 fully saturated rings. The molecule has 0 spiro atoms. The highest BCUT2D eigenvalue weighted by Crippen LogP contribution is 2.15. The van der Waals surface area contributed by atoms with Gasteiger partial charge >= 0.3 is 0 Å². The van der Waals surface area contributed by atoms with Gasteiger partial charge in [-0.1, -0.05) is 18.2 Å². The van der Waals surface area contributed by atoms with E-state index in [0.29, 0.717) is 13.2 Å². The zero-order chi connectivity index (χ0) is 16.5. The first-order valence-corrected chi connectivity index (χ1v) is 7.66. The number of hydrogen-bond acceptors (Lipinski definition) is 4. The first-order valence-electron chi connectivity index (χ1n) is 7.66. The third-order valence-corrected chi connectivity index (χ3v) is 3.41. The number of benzene rings is 1. The highest BCUT2D eigenvalue weighted by atomic mass is 127. The molecule has 0 aliphatic heterocycles. The molecule has 24 heavy (non-hydrogen) atoms. The summed E-state index contributed by atoms with van der Waals surface area (Å²) >= 11 is 0. The molecule has 0 saturated carbocycles. The zero-order valence-electron chi connectivity index (χ0n) is 14.3. The fraction of sp³-hybridized carbons (Fsp3) is 0.438. The number of halogens is 1. The van der Waals surface area contributed by atoms with E-state index in [9.17, 15) is 0 Å². The fourth-order valence-electron chi connectivity index (χ4n) is 2.04. The van der Waals surface area contributed by atoms with Gasteiger partial charge in [-0.05, 0) is 25.0 Å². The van der Waals surface area contributed by atoms with Gasteiger partial charge in [0.1, 0.15) is 17.9 Å². The van der Waals surface area contributed by atoms with E-state index in [1.54, 1.807) is 11.7 Å². The summed E-state index contributed by atoms with van der Waals surface area (Å²) < 4.78 is 7.50. The molecule has 2 N–H and O–H groups in total. The number of nitrogens with zero attached hydrogens (tertiary/aromatic N) is 4. The van der Waals surface area contributed by atoms with E-state index in [1.165, 1.54) is 6.33 Å². The second kappa shape index (κ2) is 10.8. The van der Waals surface area contributed by atoms with Gasteiger partial charge in [-0.3, -0.25) is 9.67 Å². The number of aryl methyl sites for hydroxylation is 2. The van der Waals surface area contributed by atoms with Crippen molar-refractivity contribution in [3.8, 4) is 5.75 Å². The van der Waals surface area contributed by atoms with Gasteiger partial charge in [0.25, 0.3) is 0 Å². The average molecular weight is 444 g/mol. The Hall–Kier alpha value is -1.84. The van der Waals surface area contributed by atoms with E-state index < -0.39 is 0 Å². The molecule has 0 aliphatic rings. The average Bonchev–Trinajstić information content (AvgIpc) is 2.97. The summed E-state index contributed by atoms with van der Waals surface area (Å²) in [6.45, 7) is 4.07. The molecule has 1 aromatic carbocycles. The molecule has 0 atom stereocenters. The van der Waals surface area contributed by atoms with E-state index in [1.807, 2.05) is 38.2 Å². The van der Waals surface area contributed by atoms with Crippen molar-refractivity contribution >= 4 is 29.9 Å². The van der Waals surface area contributed by atoms with Crippen LogP contribution in [0.25, 0.3) is 0 Å². The van der Waals surface area contributed by atoms with E-state index in [-0.39, 0.29) is 24.0 Å². The predicted molar refractivity (Wildman–Crippen MR) is 106 cm³/mol. The summed E-state index contributed by atoms with van der Waals surface area (Å²) in [6, 6.07) is 8.03. The minimum atomic E-state index is 0. The first-order chi connectivity index (χ1) is 11.2. The smallest absolute Gasteiger partial charge is 0.191 e. The minimum Gasteiger partial charge on any atom is -0.493 e. The van der Waals surface area contributed by atoms with Gasteiger partial charge in [-0.15, -0.1) is 24.0 Å². The SMILES string of the molecule is CN=C(NCCCOc1ccccc1C)NCc1ncnn1C.I. The van der Waals surface area contributed by atoms with E-state index >= 15 is 0 Å². The standard InChI is InChI=1S/C16H24N6O.HI/c1-13-7-4-5-8-14(13)23-10-6-9-18-16(17-2)19-11-15-20-12-21-22(15)3;/h4-5,7-8,12H,6,9-11H2,1-3H3,(H2,17,18,19);1H. The quantitative estimate of drug-likeness (QED) is 0.295. The largest absolute Gasteiger partial charge is 0.493 e. The van der Waals surface area contributed by atoms with Crippen LogP contribution in [0.15, 0.2) is 35.6 Å². The number of guanidine groups is 1. The van der Waals surface area contributed by atoms with Gasteiger partial charge in [0.15, 0.2) is 5.96 Å². The first kappa shape index (κ1) is 20.2. The van der Waals surface area contributed by atoms with E-state index in [0.717, 1.165) is 36.1 Å². The minimum absolute atomic E-state index is 0. The van der Waals surface area contributed by atoms with Crippen LogP contribution in [0.4, 0.5) is 0 Å². The molecule has 0 saturated heterocycles. The zero-order valence-corrected chi connectivity index (χ0v) is 16.7. The number of rotatable bonds is 7. The van der Waals surface area contributed by atoms with E-state index in [2.05, 4.69) is 25.7 Å². The van der Waals surface area contributed by atoms with Gasteiger partial charge < -0.3 is 15.4 Å². The predicted octanol–water partition coefficient (Wildman–Crippen LogP) is 1.88. The highest BCUT2D eigenvalue weighted by Gasteiger charge is 2.02. The number of nitrogens with one attached hydrogen (secondary N) is 2. The highest BCUT2D eigenvalue weighted by molar-refractivity contribution is 14.0. The molecule has 2 rings (SSSR count). The van der Waals surface area contributed by atoms with Gasteiger partial charge in [-0.25, -0.2) is 4.98 Å². The Bertz CT molecular complexity index is 643. The van der Waals surface area contributed by atoms with Crippen molar-refractivity contribution in [3.05, 3.63) is 42.0 Å². The van der Waals surface area contributed by atoms with Crippen molar-refractivity contribution in [2.75, 3.05) is 20.2 Å². The lowest BCUT2D eigenvalue weighted by molar-refractivity contribution is 0.309. The normalized spacial score (nSPS) is 10.9. The molecule has 0 bridgehead atoms. The Morgan fingerprint density at radius 1 is 1.29 bits per heavy atom. The van der Waals surface area contributed by atoms with Crippen molar-refractivity contribution in [2.24, 2.45) is 12.0 Å². The molecule has 2 aromatic rings. The molecular formula is C16H25IN6O. The summed E-state index contributed by atoms with van der Waals surface area (Å²) in [5.74, 6) is 2.54. The topological polar surface area (TPSA) is 76.4 Å². The summed E-state index contributed by atoms with van der Waals surface area (Å²) in [6.07, 6.45) is 2.43. The summed E-state index contributed by atoms with van der Waals surface area (Å²) in [4.78, 5) is 8.34. The van der Waals surface area contributed by atoms with Crippen LogP contribution in [-0.2, 0) is 13.6 Å². The van der Waals surface area contributed by atoms with Crippen molar-refractivity contribution < 1.29 is 4.74 Å². The number of hydrogen-bond donors (Lipinski definition) is 2. The third-order valence-electron chi connectivity index (χ3n) is 3.41. The Balaban J connectivity index is 0.00000288. The van der Waals surface area contributed by atoms with Gasteiger partial charge in [0, 0.05) is 20.6 Å². The monoisotopic (exact) mass is 444 g/mol. The maximum absolute atomic E-state index is 5.76. The van der Waals surface area contributed by atoms with E-state index in [4.69, 9.17) is 4.74 Å². The Morgan fingerprint density at radius 2 is 2.08 bits per heavy atom. The number of aliphatic imine (C=N–C) groups is 1. The lowest BCUT2D eigenvalue weighted by atomic mass is 10.2. The van der Waals surface area contributed by atoms with Gasteiger partial charge in [0.05, 0.1) is 13.2 Å². The molecule has 0 unspecified atom stereocenters. The lowest BCUT2D eigenvalue weighted by Crippen LogP contribution is -2.38. The van der Waals surface area contributed by atoms with Crippen LogP contribution in [0.2, 0.25) is 0 Å². The molecule has 0 radical (unpaired) electrons. The van der Waals surface area contributed by atoms with Crippen LogP contribution in [-0.4, -0.2) is 40.9 Å². The molecule has 0 amide bonds. The molecule has 8 heteroatoms. The van der Waals surface area contributed by atoms with Crippen LogP contribution >= 0.6 is 24.0 Å². The number of para-hydroxylation sites is 1. The number of ether oxygens (including phenoxy) is 1. The van der Waals surface area contributed by atoms with Crippen molar-refractivity contribution in [1.82, 2.24) is 25.4 Å². The van der Waals surface area contributed by atoms with Crippen LogP contribution in [0.1, 0.15) is 17.8 Å². The van der Waals surface area contributed by atoms with Crippen LogP contribution in [0.5, 0.6) is 5.75 Å². The van der Waals surface area contributed by atoms with Gasteiger partial charge in [-0.2, -0.15) is 5.10 Å². The maximum atomic E-state index is 5.76. The van der Waals surface area contributed by atoms with Crippen LogP contribution in [0, 0.1) is 6.92 Å². The summed E-state index contributed by atoms with van der Waals surface area (Å²) in [5, 5.41) is 10.5. The maximum Gasteiger partial charge on any atom is 0.191 e. The van der Waals surface area contributed by atoms with Crippen LogP contribution < -0.4 is 15.4 Å². The Morgan fingerprint density at radius 3 is 2.75 bits per heavy atom. The Kier molecular flexibility index (Phi) is 9.13. The van der Waals surface area contributed by atoms with Crippen molar-refractivity contribution in [2.45, 2.75) is 19.9 Å². The van der Waals surface area contributed by atoms with Crippen LogP contribution in [0.3, 0.4) is 0 Å².